The van der Waals surface area contributed by atoms with Gasteiger partial charge in [0, 0.05) is 12.5 Å². The van der Waals surface area contributed by atoms with Gasteiger partial charge in [0.05, 0.1) is 32.6 Å². The van der Waals surface area contributed by atoms with Gasteiger partial charge in [0.2, 0.25) is 5.88 Å². The van der Waals surface area contributed by atoms with Crippen LogP contribution in [0.1, 0.15) is 45.7 Å². The first-order valence-electron chi connectivity index (χ1n) is 9.99. The summed E-state index contributed by atoms with van der Waals surface area (Å²) < 4.78 is 33.2. The number of ketones is 1. The van der Waals surface area contributed by atoms with Crippen LogP contribution in [0.15, 0.2) is 24.3 Å². The van der Waals surface area contributed by atoms with Crippen molar-refractivity contribution in [3.63, 3.8) is 0 Å². The molecule has 1 aromatic heterocycles. The molecule has 1 aromatic carbocycles. The molecule has 0 saturated heterocycles. The molecule has 4 rings (SSSR count). The third-order valence-corrected chi connectivity index (χ3v) is 9.02. The Morgan fingerprint density at radius 3 is 2.53 bits per heavy atom. The molecule has 0 aliphatic heterocycles. The summed E-state index contributed by atoms with van der Waals surface area (Å²) in [6, 6.07) is 6.49. The van der Waals surface area contributed by atoms with E-state index in [1.807, 2.05) is 20.8 Å². The fraction of sp³-hybridized carbons (Fsp3) is 0.524. The number of rotatable bonds is 6. The summed E-state index contributed by atoms with van der Waals surface area (Å²) in [5, 5.41) is 5.14. The minimum atomic E-state index is -4.05. The van der Waals surface area contributed by atoms with Gasteiger partial charge in [0.15, 0.2) is 0 Å². The summed E-state index contributed by atoms with van der Waals surface area (Å²) in [5.41, 5.74) is -0.0503. The largest absolute Gasteiger partial charge is 0.361 e. The number of benzene rings is 1. The Morgan fingerprint density at radius 1 is 1.23 bits per heavy atom. The zero-order valence-electron chi connectivity index (χ0n) is 17.1. The maximum absolute atomic E-state index is 13.1. The molecule has 0 radical (unpaired) electrons. The second-order valence-electron chi connectivity index (χ2n) is 8.79. The van der Waals surface area contributed by atoms with Gasteiger partial charge in [-0.05, 0) is 48.8 Å². The molecule has 0 amide bonds. The van der Waals surface area contributed by atoms with E-state index in [0.717, 1.165) is 6.42 Å². The molecular weight excluding hydrogens is 447 g/mol. The molecule has 6 nitrogen and oxygen atoms in total. The zero-order chi connectivity index (χ0) is 21.9. The third kappa shape index (κ3) is 3.35. The van der Waals surface area contributed by atoms with Crippen molar-refractivity contribution in [2.24, 2.45) is 16.7 Å². The van der Waals surface area contributed by atoms with Crippen LogP contribution in [0.4, 0.5) is 0 Å². The van der Waals surface area contributed by atoms with Crippen molar-refractivity contribution in [1.29, 1.82) is 0 Å². The van der Waals surface area contributed by atoms with E-state index in [4.69, 9.17) is 27.4 Å². The highest BCUT2D eigenvalue weighted by Gasteiger charge is 2.65. The molecule has 2 bridgehead atoms. The third-order valence-electron chi connectivity index (χ3n) is 7.01. The normalized spacial score (nSPS) is 25.1. The Labute approximate surface area is 186 Å². The Bertz CT molecular complexity index is 1130. The van der Waals surface area contributed by atoms with Crippen LogP contribution in [0.25, 0.3) is 5.69 Å². The van der Waals surface area contributed by atoms with Crippen LogP contribution in [0, 0.1) is 16.7 Å². The molecule has 9 heteroatoms. The lowest BCUT2D eigenvalue weighted by Crippen LogP contribution is -2.43. The van der Waals surface area contributed by atoms with Gasteiger partial charge in [-0.1, -0.05) is 44.0 Å². The molecular formula is C21H24Cl2N2O4S. The first kappa shape index (κ1) is 21.7. The molecule has 0 N–H and O–H groups in total. The number of hydrogen-bond acceptors (Lipinski definition) is 5. The summed E-state index contributed by atoms with van der Waals surface area (Å²) in [5.74, 6) is 0.00677. The minimum Gasteiger partial charge on any atom is -0.361 e. The molecule has 2 fully saturated rings. The van der Waals surface area contributed by atoms with Gasteiger partial charge in [-0.2, -0.15) is 18.2 Å². The second-order valence-corrected chi connectivity index (χ2v) is 11.2. The van der Waals surface area contributed by atoms with Crippen LogP contribution in [0.5, 0.6) is 5.88 Å². The molecule has 1 heterocycles. The molecule has 2 saturated carbocycles. The van der Waals surface area contributed by atoms with E-state index in [1.165, 1.54) is 4.68 Å². The highest BCUT2D eigenvalue weighted by molar-refractivity contribution is 7.87. The van der Waals surface area contributed by atoms with Crippen LogP contribution in [0.3, 0.4) is 0 Å². The number of Topliss-reactive ketones (excluding diaryl/α,β-unsaturated/α-hetero) is 1. The van der Waals surface area contributed by atoms with Gasteiger partial charge in [-0.25, -0.2) is 0 Å². The van der Waals surface area contributed by atoms with E-state index in [2.05, 4.69) is 5.10 Å². The molecule has 2 aliphatic rings. The molecule has 2 atom stereocenters. The summed E-state index contributed by atoms with van der Waals surface area (Å²) in [4.78, 5) is 12.7. The highest BCUT2D eigenvalue weighted by Crippen LogP contribution is 2.64. The van der Waals surface area contributed by atoms with Gasteiger partial charge < -0.3 is 4.18 Å². The van der Waals surface area contributed by atoms with E-state index >= 15 is 0 Å². The number of aryl methyl sites for hydroxylation is 1. The fourth-order valence-corrected chi connectivity index (χ4v) is 7.02. The average molecular weight is 471 g/mol. The fourth-order valence-electron chi connectivity index (χ4n) is 5.01. The van der Waals surface area contributed by atoms with Gasteiger partial charge in [-0.3, -0.25) is 4.79 Å². The van der Waals surface area contributed by atoms with Crippen molar-refractivity contribution in [3.8, 4) is 11.6 Å². The van der Waals surface area contributed by atoms with Crippen LogP contribution in [-0.4, -0.2) is 29.7 Å². The number of nitrogens with zero attached hydrogens (tertiary/aromatic N) is 2. The van der Waals surface area contributed by atoms with Gasteiger partial charge in [0.1, 0.15) is 5.78 Å². The Balaban J connectivity index is 1.68. The number of carbonyl (C=O) groups excluding carboxylic acids is 1. The Morgan fingerprint density at radius 2 is 1.97 bits per heavy atom. The monoisotopic (exact) mass is 470 g/mol. The predicted molar refractivity (Wildman–Crippen MR) is 116 cm³/mol. The van der Waals surface area contributed by atoms with E-state index in [9.17, 15) is 13.2 Å². The quantitative estimate of drug-likeness (QED) is 0.563. The molecule has 30 heavy (non-hydrogen) atoms. The van der Waals surface area contributed by atoms with Crippen molar-refractivity contribution < 1.29 is 17.4 Å². The van der Waals surface area contributed by atoms with Crippen LogP contribution in [-0.2, 0) is 21.3 Å². The van der Waals surface area contributed by atoms with Crippen LogP contribution < -0.4 is 4.18 Å². The lowest BCUT2D eigenvalue weighted by molar-refractivity contribution is -0.128. The predicted octanol–water partition coefficient (Wildman–Crippen LogP) is 4.85. The van der Waals surface area contributed by atoms with Crippen LogP contribution in [0.2, 0.25) is 10.0 Å². The molecule has 162 valence electrons. The summed E-state index contributed by atoms with van der Waals surface area (Å²) in [7, 11) is -4.05. The molecule has 2 aliphatic carbocycles. The number of hydrogen-bond donors (Lipinski definition) is 0. The van der Waals surface area contributed by atoms with E-state index in [0.29, 0.717) is 40.7 Å². The van der Waals surface area contributed by atoms with Crippen molar-refractivity contribution in [2.45, 2.75) is 46.5 Å². The minimum absolute atomic E-state index is 0.0307. The van der Waals surface area contributed by atoms with E-state index in [-0.39, 0.29) is 28.7 Å². The van der Waals surface area contributed by atoms with E-state index < -0.39 is 15.5 Å². The highest BCUT2D eigenvalue weighted by atomic mass is 35.5. The van der Waals surface area contributed by atoms with Gasteiger partial charge in [0.25, 0.3) is 0 Å². The number of carbonyl (C=O) groups is 1. The molecule has 2 unspecified atom stereocenters. The Hall–Kier alpha value is -1.57. The van der Waals surface area contributed by atoms with Crippen LogP contribution >= 0.6 is 23.2 Å². The summed E-state index contributed by atoms with van der Waals surface area (Å²) in [6.45, 7) is 5.91. The average Bonchev–Trinajstić information content (AvgIpc) is 3.22. The van der Waals surface area contributed by atoms with Crippen molar-refractivity contribution in [1.82, 2.24) is 9.78 Å². The molecule has 0 spiro atoms. The van der Waals surface area contributed by atoms with Crippen molar-refractivity contribution in [2.75, 3.05) is 5.75 Å². The number of halogens is 2. The number of aromatic nitrogens is 2. The first-order chi connectivity index (χ1) is 14.0. The SMILES string of the molecule is CCc1cc(OS(=O)(=O)CC23CCC(CC2=O)C3(C)C)n(-c2ccc(Cl)c(Cl)c2)n1. The lowest BCUT2D eigenvalue weighted by Gasteiger charge is -2.35. The first-order valence-corrected chi connectivity index (χ1v) is 12.3. The van der Waals surface area contributed by atoms with E-state index in [1.54, 1.807) is 24.3 Å². The standard InChI is InChI=1S/C21H24Cl2N2O4S/c1-4-14-10-19(25(24-14)15-5-6-16(22)17(23)11-15)29-30(27,28)12-21-8-7-13(9-18(21)26)20(21,2)3/h5-6,10-11,13H,4,7-9,12H2,1-3H3. The smallest absolute Gasteiger partial charge is 0.311 e. The van der Waals surface area contributed by atoms with Gasteiger partial charge >= 0.3 is 10.1 Å². The zero-order valence-corrected chi connectivity index (χ0v) is 19.4. The topological polar surface area (TPSA) is 78.3 Å². The van der Waals surface area contributed by atoms with Crippen molar-refractivity contribution in [3.05, 3.63) is 40.0 Å². The van der Waals surface area contributed by atoms with Crippen molar-refractivity contribution >= 4 is 39.1 Å². The lowest BCUT2D eigenvalue weighted by atomic mass is 9.70. The summed E-state index contributed by atoms with van der Waals surface area (Å²) >= 11 is 12.1. The molecule has 2 aromatic rings. The Kier molecular flexibility index (Phi) is 5.23. The number of fused-ring (bicyclic) bond motifs is 2. The maximum Gasteiger partial charge on any atom is 0.311 e. The van der Waals surface area contributed by atoms with Gasteiger partial charge in [-0.15, -0.1) is 0 Å². The maximum atomic E-state index is 13.1. The summed E-state index contributed by atoms with van der Waals surface area (Å²) in [6.07, 6.45) is 2.50. The second kappa shape index (κ2) is 7.24.